The van der Waals surface area contributed by atoms with Gasteiger partial charge in [0.25, 0.3) is 0 Å². The maximum absolute atomic E-state index is 12.3. The Bertz CT molecular complexity index is 326. The van der Waals surface area contributed by atoms with E-state index in [1.807, 2.05) is 0 Å². The highest BCUT2D eigenvalue weighted by Gasteiger charge is 2.38. The van der Waals surface area contributed by atoms with Crippen LogP contribution in [0.2, 0.25) is 0 Å². The van der Waals surface area contributed by atoms with Crippen molar-refractivity contribution in [2.45, 2.75) is 58.8 Å². The van der Waals surface area contributed by atoms with Gasteiger partial charge < -0.3 is 10.1 Å². The largest absolute Gasteiger partial charge is 0.380 e. The zero-order valence-corrected chi connectivity index (χ0v) is 12.9. The van der Waals surface area contributed by atoms with Gasteiger partial charge in [-0.1, -0.05) is 39.5 Å². The second-order valence-electron chi connectivity index (χ2n) is 6.16. The summed E-state index contributed by atoms with van der Waals surface area (Å²) < 4.78 is 5.48. The number of amides is 1. The third-order valence-corrected chi connectivity index (χ3v) is 3.98. The first-order valence-corrected chi connectivity index (χ1v) is 7.88. The molecule has 1 aliphatic carbocycles. The van der Waals surface area contributed by atoms with Crippen molar-refractivity contribution in [3.63, 3.8) is 0 Å². The second kappa shape index (κ2) is 8.97. The molecule has 0 aromatic rings. The smallest absolute Gasteiger partial charge is 0.240 e. The first-order chi connectivity index (χ1) is 9.60. The molecule has 0 atom stereocenters. The summed E-state index contributed by atoms with van der Waals surface area (Å²) in [6, 6.07) is 2.27. The lowest BCUT2D eigenvalue weighted by molar-refractivity contribution is -0.129. The minimum atomic E-state index is -0.797. The van der Waals surface area contributed by atoms with Crippen LogP contribution in [0.15, 0.2) is 0 Å². The SMILES string of the molecule is CC(C)CCOCCNC(=O)C1(C#N)CCCCCC1. The van der Waals surface area contributed by atoms with Crippen LogP contribution < -0.4 is 5.32 Å². The molecular weight excluding hydrogens is 252 g/mol. The molecule has 1 N–H and O–H groups in total. The second-order valence-corrected chi connectivity index (χ2v) is 6.16. The van der Waals surface area contributed by atoms with E-state index < -0.39 is 5.41 Å². The summed E-state index contributed by atoms with van der Waals surface area (Å²) in [5.74, 6) is 0.534. The lowest BCUT2D eigenvalue weighted by atomic mass is 9.81. The van der Waals surface area contributed by atoms with Crippen molar-refractivity contribution in [1.82, 2.24) is 5.32 Å². The van der Waals surface area contributed by atoms with Crippen LogP contribution in [0.25, 0.3) is 0 Å². The van der Waals surface area contributed by atoms with Crippen molar-refractivity contribution in [3.05, 3.63) is 0 Å². The van der Waals surface area contributed by atoms with E-state index in [2.05, 4.69) is 25.2 Å². The molecule has 0 aliphatic heterocycles. The minimum Gasteiger partial charge on any atom is -0.380 e. The summed E-state index contributed by atoms with van der Waals surface area (Å²) in [4.78, 5) is 12.3. The van der Waals surface area contributed by atoms with Gasteiger partial charge in [-0.15, -0.1) is 0 Å². The molecule has 1 fully saturated rings. The Balaban J connectivity index is 2.28. The summed E-state index contributed by atoms with van der Waals surface area (Å²) in [6.45, 7) is 6.08. The van der Waals surface area contributed by atoms with Gasteiger partial charge in [-0.3, -0.25) is 4.79 Å². The number of rotatable bonds is 7. The molecule has 4 nitrogen and oxygen atoms in total. The van der Waals surface area contributed by atoms with Crippen molar-refractivity contribution >= 4 is 5.91 Å². The van der Waals surface area contributed by atoms with Crippen LogP contribution in [0.4, 0.5) is 0 Å². The van der Waals surface area contributed by atoms with E-state index in [-0.39, 0.29) is 5.91 Å². The van der Waals surface area contributed by atoms with E-state index in [1.165, 1.54) is 0 Å². The Labute approximate surface area is 122 Å². The molecule has 0 saturated heterocycles. The fourth-order valence-corrected chi connectivity index (χ4v) is 2.55. The highest BCUT2D eigenvalue weighted by Crippen LogP contribution is 2.34. The standard InChI is InChI=1S/C16H28N2O2/c1-14(2)7-11-20-12-10-18-15(19)16(13-17)8-5-3-4-6-9-16/h14H,3-12H2,1-2H3,(H,18,19). The number of carbonyl (C=O) groups is 1. The third kappa shape index (κ3) is 5.50. The third-order valence-electron chi connectivity index (χ3n) is 3.98. The van der Waals surface area contributed by atoms with Crippen molar-refractivity contribution in [2.75, 3.05) is 19.8 Å². The van der Waals surface area contributed by atoms with Crippen molar-refractivity contribution in [1.29, 1.82) is 5.26 Å². The van der Waals surface area contributed by atoms with Crippen molar-refractivity contribution in [2.24, 2.45) is 11.3 Å². The highest BCUT2D eigenvalue weighted by molar-refractivity contribution is 5.85. The predicted octanol–water partition coefficient (Wildman–Crippen LogP) is 3.03. The van der Waals surface area contributed by atoms with Gasteiger partial charge >= 0.3 is 0 Å². The Morgan fingerprint density at radius 1 is 1.25 bits per heavy atom. The van der Waals surface area contributed by atoms with Crippen LogP contribution in [-0.2, 0) is 9.53 Å². The lowest BCUT2D eigenvalue weighted by Gasteiger charge is -2.23. The highest BCUT2D eigenvalue weighted by atomic mass is 16.5. The molecule has 0 unspecified atom stereocenters. The van der Waals surface area contributed by atoms with E-state index in [1.54, 1.807) is 0 Å². The van der Waals surface area contributed by atoms with E-state index in [9.17, 15) is 10.1 Å². The molecule has 0 spiro atoms. The van der Waals surface area contributed by atoms with Crippen LogP contribution in [0.1, 0.15) is 58.8 Å². The van der Waals surface area contributed by atoms with Gasteiger partial charge in [0.15, 0.2) is 0 Å². The van der Waals surface area contributed by atoms with Gasteiger partial charge in [-0.05, 0) is 25.2 Å². The Hall–Kier alpha value is -1.08. The molecule has 1 amide bonds. The predicted molar refractivity (Wildman–Crippen MR) is 79.0 cm³/mol. The topological polar surface area (TPSA) is 62.1 Å². The number of carbonyl (C=O) groups excluding carboxylic acids is 1. The van der Waals surface area contributed by atoms with Crippen LogP contribution >= 0.6 is 0 Å². The molecule has 1 rings (SSSR count). The number of nitriles is 1. The molecule has 0 aromatic heterocycles. The summed E-state index contributed by atoms with van der Waals surface area (Å²) >= 11 is 0. The number of nitrogens with one attached hydrogen (secondary N) is 1. The number of ether oxygens (including phenoxy) is 1. The average Bonchev–Trinajstić information content (AvgIpc) is 2.68. The molecule has 0 radical (unpaired) electrons. The van der Waals surface area contributed by atoms with Gasteiger partial charge in [-0.25, -0.2) is 0 Å². The van der Waals surface area contributed by atoms with Gasteiger partial charge in [-0.2, -0.15) is 5.26 Å². The molecule has 114 valence electrons. The molecule has 0 aromatic carbocycles. The Morgan fingerprint density at radius 2 is 1.90 bits per heavy atom. The fraction of sp³-hybridized carbons (Fsp3) is 0.875. The summed E-state index contributed by atoms with van der Waals surface area (Å²) in [6.07, 6.45) is 6.66. The molecule has 20 heavy (non-hydrogen) atoms. The normalized spacial score (nSPS) is 18.3. The monoisotopic (exact) mass is 280 g/mol. The zero-order chi connectivity index (χ0) is 14.8. The van der Waals surface area contributed by atoms with E-state index in [4.69, 9.17) is 4.74 Å². The van der Waals surface area contributed by atoms with Crippen molar-refractivity contribution < 1.29 is 9.53 Å². The van der Waals surface area contributed by atoms with E-state index in [0.29, 0.717) is 31.9 Å². The van der Waals surface area contributed by atoms with E-state index in [0.717, 1.165) is 38.7 Å². The van der Waals surface area contributed by atoms with Crippen molar-refractivity contribution in [3.8, 4) is 6.07 Å². The maximum Gasteiger partial charge on any atom is 0.240 e. The molecule has 1 saturated carbocycles. The molecule has 4 heteroatoms. The van der Waals surface area contributed by atoms with Crippen LogP contribution in [-0.4, -0.2) is 25.7 Å². The number of nitrogens with zero attached hydrogens (tertiary/aromatic N) is 1. The Morgan fingerprint density at radius 3 is 2.45 bits per heavy atom. The molecule has 0 bridgehead atoms. The van der Waals surface area contributed by atoms with Gasteiger partial charge in [0.1, 0.15) is 5.41 Å². The summed E-state index contributed by atoms with van der Waals surface area (Å²) in [7, 11) is 0. The van der Waals surface area contributed by atoms with Crippen LogP contribution in [0.3, 0.4) is 0 Å². The lowest BCUT2D eigenvalue weighted by Crippen LogP contribution is -2.41. The van der Waals surface area contributed by atoms with E-state index >= 15 is 0 Å². The quantitative estimate of drug-likeness (QED) is 0.576. The Kier molecular flexibility index (Phi) is 7.61. The zero-order valence-electron chi connectivity index (χ0n) is 12.9. The molecule has 0 heterocycles. The molecular formula is C16H28N2O2. The van der Waals surface area contributed by atoms with Crippen LogP contribution in [0.5, 0.6) is 0 Å². The van der Waals surface area contributed by atoms with Gasteiger partial charge in [0.05, 0.1) is 12.7 Å². The number of hydrogen-bond acceptors (Lipinski definition) is 3. The van der Waals surface area contributed by atoms with Crippen LogP contribution in [0, 0.1) is 22.7 Å². The first-order valence-electron chi connectivity index (χ1n) is 7.88. The minimum absolute atomic E-state index is 0.102. The first kappa shape index (κ1) is 17.0. The average molecular weight is 280 g/mol. The van der Waals surface area contributed by atoms with Gasteiger partial charge in [0, 0.05) is 13.2 Å². The summed E-state index contributed by atoms with van der Waals surface area (Å²) in [5, 5.41) is 12.3. The molecule has 1 aliphatic rings. The summed E-state index contributed by atoms with van der Waals surface area (Å²) in [5.41, 5.74) is -0.797. The van der Waals surface area contributed by atoms with Gasteiger partial charge in [0.2, 0.25) is 5.91 Å². The fourth-order valence-electron chi connectivity index (χ4n) is 2.55. The maximum atomic E-state index is 12.3. The number of hydrogen-bond donors (Lipinski definition) is 1.